The number of rotatable bonds is 8. The van der Waals surface area contributed by atoms with Crippen LogP contribution in [0.3, 0.4) is 0 Å². The first-order valence-corrected chi connectivity index (χ1v) is 7.98. The Labute approximate surface area is 124 Å². The monoisotopic (exact) mass is 277 g/mol. The molecule has 0 N–H and O–H groups in total. The molecule has 114 valence electrons. The van der Waals surface area contributed by atoms with Crippen LogP contribution in [0.2, 0.25) is 0 Å². The van der Waals surface area contributed by atoms with Gasteiger partial charge in [0, 0.05) is 13.1 Å². The van der Waals surface area contributed by atoms with Crippen LogP contribution in [0.15, 0.2) is 23.8 Å². The zero-order valence-corrected chi connectivity index (χ0v) is 13.9. The van der Waals surface area contributed by atoms with E-state index in [1.807, 2.05) is 17.9 Å². The molecule has 0 bridgehead atoms. The fraction of sp³-hybridized carbons (Fsp3) is 0.722. The van der Waals surface area contributed by atoms with Crippen molar-refractivity contribution in [1.82, 2.24) is 4.90 Å². The van der Waals surface area contributed by atoms with Crippen LogP contribution in [-0.2, 0) is 4.79 Å². The van der Waals surface area contributed by atoms with E-state index in [2.05, 4.69) is 33.8 Å². The Morgan fingerprint density at radius 3 is 2.65 bits per heavy atom. The minimum absolute atomic E-state index is 0.174. The molecule has 1 aliphatic carbocycles. The van der Waals surface area contributed by atoms with Crippen LogP contribution in [0.25, 0.3) is 0 Å². The van der Waals surface area contributed by atoms with Gasteiger partial charge in [-0.1, -0.05) is 31.6 Å². The van der Waals surface area contributed by atoms with Crippen LogP contribution < -0.4 is 0 Å². The second kappa shape index (κ2) is 7.66. The normalized spacial score (nSPS) is 24.8. The molecule has 2 atom stereocenters. The lowest BCUT2D eigenvalue weighted by Gasteiger charge is -2.22. The van der Waals surface area contributed by atoms with Gasteiger partial charge in [0.15, 0.2) is 0 Å². The summed E-state index contributed by atoms with van der Waals surface area (Å²) < 4.78 is 0. The molecule has 2 heteroatoms. The van der Waals surface area contributed by atoms with Gasteiger partial charge in [0.2, 0.25) is 5.91 Å². The van der Waals surface area contributed by atoms with Crippen molar-refractivity contribution in [2.24, 2.45) is 11.3 Å². The minimum Gasteiger partial charge on any atom is -0.339 e. The lowest BCUT2D eigenvalue weighted by Crippen LogP contribution is -2.33. The highest BCUT2D eigenvalue weighted by atomic mass is 16.2. The van der Waals surface area contributed by atoms with E-state index < -0.39 is 0 Å². The average Bonchev–Trinajstić information content (AvgIpc) is 2.99. The molecule has 20 heavy (non-hydrogen) atoms. The van der Waals surface area contributed by atoms with Crippen molar-refractivity contribution in [2.75, 3.05) is 13.1 Å². The van der Waals surface area contributed by atoms with Crippen molar-refractivity contribution >= 4 is 5.91 Å². The third-order valence-electron chi connectivity index (χ3n) is 4.36. The molecular formula is C18H31NO. The predicted octanol–water partition coefficient (Wildman–Crippen LogP) is 4.57. The van der Waals surface area contributed by atoms with Crippen molar-refractivity contribution in [3.63, 3.8) is 0 Å². The lowest BCUT2D eigenvalue weighted by molar-refractivity contribution is -0.126. The smallest absolute Gasteiger partial charge is 0.246 e. The fourth-order valence-corrected chi connectivity index (χ4v) is 2.86. The Kier molecular flexibility index (Phi) is 6.51. The van der Waals surface area contributed by atoms with Gasteiger partial charge in [-0.15, -0.1) is 0 Å². The molecule has 0 heterocycles. The zero-order valence-electron chi connectivity index (χ0n) is 13.9. The summed E-state index contributed by atoms with van der Waals surface area (Å²) in [5, 5.41) is 0. The van der Waals surface area contributed by atoms with Crippen molar-refractivity contribution in [3.05, 3.63) is 23.8 Å². The highest BCUT2D eigenvalue weighted by Gasteiger charge is 2.49. The van der Waals surface area contributed by atoms with Crippen LogP contribution in [-0.4, -0.2) is 23.9 Å². The summed E-state index contributed by atoms with van der Waals surface area (Å²) in [6.07, 6.45) is 10.6. The Morgan fingerprint density at radius 2 is 2.10 bits per heavy atom. The standard InChI is InChI=1S/C18H31NO/c1-6-9-17(20)19(12-7-2)14-16-13-18(16,5)11-8-10-15(3)4/h6,9-10,16H,7-8,11-14H2,1-5H3. The minimum atomic E-state index is 0.174. The molecule has 0 aromatic carbocycles. The van der Waals surface area contributed by atoms with Gasteiger partial charge in [-0.3, -0.25) is 4.79 Å². The highest BCUT2D eigenvalue weighted by Crippen LogP contribution is 2.55. The summed E-state index contributed by atoms with van der Waals surface area (Å²) >= 11 is 0. The molecule has 1 fully saturated rings. The fourth-order valence-electron chi connectivity index (χ4n) is 2.86. The summed E-state index contributed by atoms with van der Waals surface area (Å²) in [6, 6.07) is 0. The van der Waals surface area contributed by atoms with Crippen LogP contribution in [0.5, 0.6) is 0 Å². The predicted molar refractivity (Wildman–Crippen MR) is 86.6 cm³/mol. The molecule has 0 aliphatic heterocycles. The molecule has 0 aromatic heterocycles. The SMILES string of the molecule is CC=CC(=O)N(CCC)CC1CC1(C)CCC=C(C)C. The molecule has 0 aromatic rings. The Bertz CT molecular complexity index is 379. The largest absolute Gasteiger partial charge is 0.339 e. The second-order valence-corrected chi connectivity index (χ2v) is 6.66. The maximum absolute atomic E-state index is 12.0. The first kappa shape index (κ1) is 17.0. The lowest BCUT2D eigenvalue weighted by atomic mass is 9.98. The van der Waals surface area contributed by atoms with Gasteiger partial charge < -0.3 is 4.90 Å². The Hall–Kier alpha value is -1.05. The van der Waals surface area contributed by atoms with Gasteiger partial charge in [-0.25, -0.2) is 0 Å². The number of hydrogen-bond acceptors (Lipinski definition) is 1. The Morgan fingerprint density at radius 1 is 1.40 bits per heavy atom. The van der Waals surface area contributed by atoms with Gasteiger partial charge in [-0.05, 0) is 63.9 Å². The molecule has 0 spiro atoms. The van der Waals surface area contributed by atoms with E-state index in [1.54, 1.807) is 6.08 Å². The van der Waals surface area contributed by atoms with E-state index in [0.29, 0.717) is 11.3 Å². The van der Waals surface area contributed by atoms with E-state index in [-0.39, 0.29) is 5.91 Å². The van der Waals surface area contributed by atoms with Crippen LogP contribution in [0.4, 0.5) is 0 Å². The molecule has 1 rings (SSSR count). The first-order valence-electron chi connectivity index (χ1n) is 7.98. The molecular weight excluding hydrogens is 246 g/mol. The molecule has 2 unspecified atom stereocenters. The number of carbonyl (C=O) groups excluding carboxylic acids is 1. The van der Waals surface area contributed by atoms with Gasteiger partial charge in [0.05, 0.1) is 0 Å². The molecule has 0 radical (unpaired) electrons. The van der Waals surface area contributed by atoms with Crippen LogP contribution in [0.1, 0.15) is 60.3 Å². The third kappa shape index (κ3) is 5.15. The quantitative estimate of drug-likeness (QED) is 0.470. The summed E-state index contributed by atoms with van der Waals surface area (Å²) in [4.78, 5) is 14.1. The second-order valence-electron chi connectivity index (χ2n) is 6.66. The number of amides is 1. The summed E-state index contributed by atoms with van der Waals surface area (Å²) in [6.45, 7) is 12.5. The summed E-state index contributed by atoms with van der Waals surface area (Å²) in [5.74, 6) is 0.863. The van der Waals surface area contributed by atoms with E-state index in [9.17, 15) is 4.79 Å². The maximum Gasteiger partial charge on any atom is 0.246 e. The molecule has 1 saturated carbocycles. The number of nitrogens with zero attached hydrogens (tertiary/aromatic N) is 1. The van der Waals surface area contributed by atoms with Crippen molar-refractivity contribution in [3.8, 4) is 0 Å². The van der Waals surface area contributed by atoms with Crippen molar-refractivity contribution in [1.29, 1.82) is 0 Å². The Balaban J connectivity index is 2.47. The van der Waals surface area contributed by atoms with Crippen LogP contribution in [0, 0.1) is 11.3 Å². The molecule has 1 amide bonds. The van der Waals surface area contributed by atoms with Crippen molar-refractivity contribution in [2.45, 2.75) is 60.3 Å². The van der Waals surface area contributed by atoms with Gasteiger partial charge >= 0.3 is 0 Å². The number of allylic oxidation sites excluding steroid dienone is 3. The first-order chi connectivity index (χ1) is 9.42. The molecule has 2 nitrogen and oxygen atoms in total. The summed E-state index contributed by atoms with van der Waals surface area (Å²) in [5.41, 5.74) is 1.86. The zero-order chi connectivity index (χ0) is 15.2. The van der Waals surface area contributed by atoms with Gasteiger partial charge in [0.1, 0.15) is 0 Å². The molecule has 1 aliphatic rings. The average molecular weight is 277 g/mol. The van der Waals surface area contributed by atoms with E-state index >= 15 is 0 Å². The molecule has 0 saturated heterocycles. The summed E-state index contributed by atoms with van der Waals surface area (Å²) in [7, 11) is 0. The van der Waals surface area contributed by atoms with Crippen molar-refractivity contribution < 1.29 is 4.79 Å². The van der Waals surface area contributed by atoms with E-state index in [0.717, 1.165) is 19.5 Å². The third-order valence-corrected chi connectivity index (χ3v) is 4.36. The maximum atomic E-state index is 12.0. The number of hydrogen-bond donors (Lipinski definition) is 0. The number of carbonyl (C=O) groups is 1. The van der Waals surface area contributed by atoms with Gasteiger partial charge in [-0.2, -0.15) is 0 Å². The van der Waals surface area contributed by atoms with Gasteiger partial charge in [0.25, 0.3) is 0 Å². The highest BCUT2D eigenvalue weighted by molar-refractivity contribution is 5.87. The van der Waals surface area contributed by atoms with E-state index in [4.69, 9.17) is 0 Å². The van der Waals surface area contributed by atoms with E-state index in [1.165, 1.54) is 24.8 Å². The van der Waals surface area contributed by atoms with Crippen LogP contribution >= 0.6 is 0 Å². The topological polar surface area (TPSA) is 20.3 Å².